The third kappa shape index (κ3) is 3.74. The van der Waals surface area contributed by atoms with Crippen molar-refractivity contribution in [3.05, 3.63) is 99.0 Å². The predicted molar refractivity (Wildman–Crippen MR) is 125 cm³/mol. The number of ether oxygens (including phenoxy) is 1. The molecule has 1 atom stereocenters. The van der Waals surface area contributed by atoms with Gasteiger partial charge in [-0.3, -0.25) is 14.5 Å². The third-order valence-electron chi connectivity index (χ3n) is 5.42. The highest BCUT2D eigenvalue weighted by molar-refractivity contribution is 6.52. The highest BCUT2D eigenvalue weighted by Gasteiger charge is 2.47. The predicted octanol–water partition coefficient (Wildman–Crippen LogP) is 5.94. The smallest absolute Gasteiger partial charge is 0.300 e. The Morgan fingerprint density at radius 2 is 1.59 bits per heavy atom. The van der Waals surface area contributed by atoms with Crippen molar-refractivity contribution >= 4 is 46.3 Å². The van der Waals surface area contributed by atoms with Crippen LogP contribution in [-0.4, -0.2) is 23.9 Å². The Hall–Kier alpha value is -3.28. The van der Waals surface area contributed by atoms with E-state index in [0.29, 0.717) is 32.6 Å². The summed E-state index contributed by atoms with van der Waals surface area (Å²) in [7, 11) is 1.47. The summed E-state index contributed by atoms with van der Waals surface area (Å²) >= 11 is 12.4. The van der Waals surface area contributed by atoms with Crippen LogP contribution in [0.1, 0.15) is 22.7 Å². The summed E-state index contributed by atoms with van der Waals surface area (Å²) in [5.74, 6) is -1.53. The number of Topliss-reactive ketones (excluding diaryl/α,β-unsaturated/α-hetero) is 1. The number of aliphatic hydroxyl groups is 1. The van der Waals surface area contributed by atoms with Crippen LogP contribution in [0.25, 0.3) is 5.76 Å². The summed E-state index contributed by atoms with van der Waals surface area (Å²) in [5, 5.41) is 11.9. The quantitative estimate of drug-likeness (QED) is 0.293. The zero-order valence-electron chi connectivity index (χ0n) is 17.3. The molecule has 1 fully saturated rings. The van der Waals surface area contributed by atoms with Gasteiger partial charge in [-0.05, 0) is 48.4 Å². The van der Waals surface area contributed by atoms with E-state index in [1.54, 1.807) is 42.5 Å². The Morgan fingerprint density at radius 1 is 0.969 bits per heavy atom. The highest BCUT2D eigenvalue weighted by Crippen LogP contribution is 2.44. The van der Waals surface area contributed by atoms with E-state index in [0.717, 1.165) is 5.56 Å². The monoisotopic (exact) mass is 467 g/mol. The lowest BCUT2D eigenvalue weighted by Gasteiger charge is -2.27. The van der Waals surface area contributed by atoms with Crippen molar-refractivity contribution in [3.63, 3.8) is 0 Å². The van der Waals surface area contributed by atoms with Crippen LogP contribution in [-0.2, 0) is 9.59 Å². The third-order valence-corrected chi connectivity index (χ3v) is 5.85. The number of para-hydroxylation sites is 1. The van der Waals surface area contributed by atoms with Crippen LogP contribution in [0.2, 0.25) is 10.0 Å². The maximum atomic E-state index is 13.3. The van der Waals surface area contributed by atoms with E-state index in [1.807, 2.05) is 31.2 Å². The minimum Gasteiger partial charge on any atom is -0.507 e. The van der Waals surface area contributed by atoms with Crippen LogP contribution in [0.3, 0.4) is 0 Å². The van der Waals surface area contributed by atoms with Crippen molar-refractivity contribution in [2.45, 2.75) is 13.0 Å². The molecule has 0 saturated carbocycles. The number of carbonyl (C=O) groups excluding carboxylic acids is 2. The molecular weight excluding hydrogens is 449 g/mol. The Bertz CT molecular complexity index is 1250. The lowest BCUT2D eigenvalue weighted by molar-refractivity contribution is -0.132. The second kappa shape index (κ2) is 8.69. The fraction of sp³-hybridized carbons (Fsp3) is 0.120. The lowest BCUT2D eigenvalue weighted by atomic mass is 9.92. The number of carbonyl (C=O) groups is 2. The SMILES string of the molecule is COc1ccccc1/C(O)=C1\C(=O)C(=O)N(c2cc(Cl)cc(Cl)c2)C1c1ccccc1C. The van der Waals surface area contributed by atoms with Gasteiger partial charge in [0.2, 0.25) is 0 Å². The second-order valence-electron chi connectivity index (χ2n) is 7.35. The van der Waals surface area contributed by atoms with Gasteiger partial charge in [-0.1, -0.05) is 59.6 Å². The summed E-state index contributed by atoms with van der Waals surface area (Å²) in [5.41, 5.74) is 2.18. The molecule has 1 aliphatic heterocycles. The van der Waals surface area contributed by atoms with E-state index in [4.69, 9.17) is 27.9 Å². The van der Waals surface area contributed by atoms with Crippen molar-refractivity contribution in [2.24, 2.45) is 0 Å². The molecule has 1 unspecified atom stereocenters. The number of benzene rings is 3. The minimum absolute atomic E-state index is 0.0371. The van der Waals surface area contributed by atoms with Gasteiger partial charge in [0.1, 0.15) is 11.5 Å². The number of hydrogen-bond acceptors (Lipinski definition) is 4. The van der Waals surface area contributed by atoms with Crippen molar-refractivity contribution in [2.75, 3.05) is 12.0 Å². The summed E-state index contributed by atoms with van der Waals surface area (Å²) in [4.78, 5) is 27.8. The minimum atomic E-state index is -0.879. The van der Waals surface area contributed by atoms with E-state index in [2.05, 4.69) is 0 Å². The van der Waals surface area contributed by atoms with Gasteiger partial charge in [0.25, 0.3) is 11.7 Å². The Kier molecular flexibility index (Phi) is 5.96. The van der Waals surface area contributed by atoms with Gasteiger partial charge in [0.05, 0.1) is 24.3 Å². The Morgan fingerprint density at radius 3 is 2.25 bits per heavy atom. The molecule has 162 valence electrons. The number of amides is 1. The number of rotatable bonds is 4. The van der Waals surface area contributed by atoms with Gasteiger partial charge in [0, 0.05) is 15.7 Å². The molecule has 1 aliphatic rings. The second-order valence-corrected chi connectivity index (χ2v) is 8.23. The first-order valence-corrected chi connectivity index (χ1v) is 10.5. The largest absolute Gasteiger partial charge is 0.507 e. The van der Waals surface area contributed by atoms with Gasteiger partial charge in [-0.25, -0.2) is 0 Å². The summed E-state index contributed by atoms with van der Waals surface area (Å²) in [6.45, 7) is 1.88. The molecule has 3 aromatic rings. The first kappa shape index (κ1) is 21.9. The average molecular weight is 468 g/mol. The lowest BCUT2D eigenvalue weighted by Crippen LogP contribution is -2.29. The van der Waals surface area contributed by atoms with Gasteiger partial charge in [-0.2, -0.15) is 0 Å². The molecule has 1 amide bonds. The zero-order valence-corrected chi connectivity index (χ0v) is 18.8. The molecule has 0 aliphatic carbocycles. The molecule has 7 heteroatoms. The number of aliphatic hydroxyl groups excluding tert-OH is 1. The first-order valence-electron chi connectivity index (χ1n) is 9.79. The van der Waals surface area contributed by atoms with Crippen molar-refractivity contribution in [3.8, 4) is 5.75 Å². The normalized spacial score (nSPS) is 17.6. The van der Waals surface area contributed by atoms with Gasteiger partial charge < -0.3 is 9.84 Å². The number of methoxy groups -OCH3 is 1. The molecule has 3 aromatic carbocycles. The maximum absolute atomic E-state index is 13.3. The zero-order chi connectivity index (χ0) is 23.0. The van der Waals surface area contributed by atoms with Crippen molar-refractivity contribution in [1.82, 2.24) is 0 Å². The molecule has 4 rings (SSSR count). The fourth-order valence-electron chi connectivity index (χ4n) is 3.95. The van der Waals surface area contributed by atoms with Gasteiger partial charge >= 0.3 is 0 Å². The van der Waals surface area contributed by atoms with Crippen LogP contribution in [0, 0.1) is 6.92 Å². The summed E-state index contributed by atoms with van der Waals surface area (Å²) in [6, 6.07) is 17.9. The molecule has 1 N–H and O–H groups in total. The highest BCUT2D eigenvalue weighted by atomic mass is 35.5. The molecule has 1 heterocycles. The maximum Gasteiger partial charge on any atom is 0.300 e. The van der Waals surface area contributed by atoms with Crippen LogP contribution in [0.4, 0.5) is 5.69 Å². The number of hydrogen-bond donors (Lipinski definition) is 1. The number of nitrogens with zero attached hydrogens (tertiary/aromatic N) is 1. The number of anilines is 1. The Balaban J connectivity index is 2.02. The molecule has 1 saturated heterocycles. The van der Waals surface area contributed by atoms with Crippen LogP contribution in [0.5, 0.6) is 5.75 Å². The molecule has 0 aromatic heterocycles. The molecule has 5 nitrogen and oxygen atoms in total. The van der Waals surface area contributed by atoms with E-state index in [-0.39, 0.29) is 11.3 Å². The molecule has 0 radical (unpaired) electrons. The fourth-order valence-corrected chi connectivity index (χ4v) is 4.46. The number of halogens is 2. The van der Waals surface area contributed by atoms with Crippen molar-refractivity contribution < 1.29 is 19.4 Å². The van der Waals surface area contributed by atoms with E-state index < -0.39 is 17.7 Å². The first-order chi connectivity index (χ1) is 15.3. The molecular formula is C25H19Cl2NO4. The van der Waals surface area contributed by atoms with Crippen molar-refractivity contribution in [1.29, 1.82) is 0 Å². The van der Waals surface area contributed by atoms with E-state index in [1.165, 1.54) is 12.0 Å². The summed E-state index contributed by atoms with van der Waals surface area (Å²) < 4.78 is 5.36. The standard InChI is InChI=1S/C25H19Cl2NO4/c1-14-7-3-4-8-18(14)22-21(23(29)19-9-5-6-10-20(19)32-2)24(30)25(31)28(22)17-12-15(26)11-16(27)13-17/h3-13,22,29H,1-2H3/b23-21+. The number of aryl methyl sites for hydroxylation is 1. The topological polar surface area (TPSA) is 66.8 Å². The molecule has 0 bridgehead atoms. The van der Waals surface area contributed by atoms with Gasteiger partial charge in [-0.15, -0.1) is 0 Å². The molecule has 32 heavy (non-hydrogen) atoms. The summed E-state index contributed by atoms with van der Waals surface area (Å²) in [6.07, 6.45) is 0. The van der Waals surface area contributed by atoms with Crippen LogP contribution < -0.4 is 9.64 Å². The van der Waals surface area contributed by atoms with Gasteiger partial charge in [0.15, 0.2) is 0 Å². The molecule has 0 spiro atoms. The van der Waals surface area contributed by atoms with E-state index >= 15 is 0 Å². The van der Waals surface area contributed by atoms with Crippen LogP contribution in [0.15, 0.2) is 72.3 Å². The number of ketones is 1. The average Bonchev–Trinajstić information content (AvgIpc) is 3.03. The Labute approximate surface area is 195 Å². The van der Waals surface area contributed by atoms with E-state index in [9.17, 15) is 14.7 Å². The van der Waals surface area contributed by atoms with Crippen LogP contribution >= 0.6 is 23.2 Å².